The molecule has 4 heteroatoms. The zero-order valence-corrected chi connectivity index (χ0v) is 13.0. The predicted octanol–water partition coefficient (Wildman–Crippen LogP) is 3.18. The topological polar surface area (TPSA) is 38.7 Å². The Balaban J connectivity index is 2.08. The van der Waals surface area contributed by atoms with Crippen molar-refractivity contribution in [3.63, 3.8) is 0 Å². The summed E-state index contributed by atoms with van der Waals surface area (Å²) >= 11 is 3.46. The highest BCUT2D eigenvalue weighted by Gasteiger charge is 2.36. The van der Waals surface area contributed by atoms with Crippen LogP contribution >= 0.6 is 15.9 Å². The predicted molar refractivity (Wildman–Crippen MR) is 78.5 cm³/mol. The molecule has 0 radical (unpaired) electrons. The van der Waals surface area contributed by atoms with Crippen molar-refractivity contribution >= 4 is 15.9 Å². The van der Waals surface area contributed by atoms with Crippen molar-refractivity contribution in [2.45, 2.75) is 38.4 Å². The third-order valence-electron chi connectivity index (χ3n) is 3.50. The highest BCUT2D eigenvalue weighted by Crippen LogP contribution is 2.37. The van der Waals surface area contributed by atoms with E-state index in [-0.39, 0.29) is 6.10 Å². The number of rotatable bonds is 7. The Labute approximate surface area is 123 Å². The van der Waals surface area contributed by atoms with Gasteiger partial charge in [0.2, 0.25) is 0 Å². The molecule has 2 rings (SSSR count). The number of methoxy groups -OCH3 is 1. The van der Waals surface area contributed by atoms with E-state index in [1.165, 1.54) is 0 Å². The van der Waals surface area contributed by atoms with Crippen molar-refractivity contribution in [2.24, 2.45) is 5.92 Å². The van der Waals surface area contributed by atoms with Crippen molar-refractivity contribution in [2.75, 3.05) is 13.7 Å². The van der Waals surface area contributed by atoms with Crippen molar-refractivity contribution in [1.82, 2.24) is 0 Å². The fraction of sp³-hybridized carbons (Fsp3) is 0.600. The Kier molecular flexibility index (Phi) is 5.25. The molecule has 0 aliphatic heterocycles. The molecule has 1 saturated carbocycles. The number of hydrogen-bond donors (Lipinski definition) is 1. The molecular weight excluding hydrogens is 308 g/mol. The Morgan fingerprint density at radius 2 is 2.16 bits per heavy atom. The van der Waals surface area contributed by atoms with Gasteiger partial charge in [0.05, 0.1) is 19.3 Å². The van der Waals surface area contributed by atoms with Gasteiger partial charge < -0.3 is 14.6 Å². The van der Waals surface area contributed by atoms with Crippen molar-refractivity contribution < 1.29 is 14.6 Å². The van der Waals surface area contributed by atoms with Gasteiger partial charge in [0.15, 0.2) is 0 Å². The fourth-order valence-corrected chi connectivity index (χ4v) is 2.84. The van der Waals surface area contributed by atoms with Crippen LogP contribution in [0.3, 0.4) is 0 Å². The maximum Gasteiger partial charge on any atom is 0.122 e. The molecule has 3 nitrogen and oxygen atoms in total. The lowest BCUT2D eigenvalue weighted by atomic mass is 10.00. The first-order valence-electron chi connectivity index (χ1n) is 6.77. The molecular formula is C15H21BrO3. The summed E-state index contributed by atoms with van der Waals surface area (Å²) in [6, 6.07) is 5.85. The maximum atomic E-state index is 10.4. The third-order valence-corrected chi connectivity index (χ3v) is 3.99. The average molecular weight is 329 g/mol. The Hall–Kier alpha value is -0.580. The highest BCUT2D eigenvalue weighted by atomic mass is 79.9. The van der Waals surface area contributed by atoms with E-state index < -0.39 is 6.10 Å². The van der Waals surface area contributed by atoms with Gasteiger partial charge in [-0.3, -0.25) is 0 Å². The van der Waals surface area contributed by atoms with Crippen LogP contribution in [-0.4, -0.2) is 31.0 Å². The quantitative estimate of drug-likeness (QED) is 0.835. The Bertz CT molecular complexity index is 418. The van der Waals surface area contributed by atoms with Gasteiger partial charge >= 0.3 is 0 Å². The third kappa shape index (κ3) is 3.94. The molecule has 2 unspecified atom stereocenters. The van der Waals surface area contributed by atoms with E-state index in [0.29, 0.717) is 18.9 Å². The second-order valence-electron chi connectivity index (χ2n) is 4.99. The molecule has 1 aromatic rings. The van der Waals surface area contributed by atoms with E-state index >= 15 is 0 Å². The second-order valence-corrected chi connectivity index (χ2v) is 5.90. The number of hydrogen-bond acceptors (Lipinski definition) is 3. The lowest BCUT2D eigenvalue weighted by Gasteiger charge is -2.23. The molecule has 1 fully saturated rings. The molecule has 0 spiro atoms. The average Bonchev–Trinajstić information content (AvgIpc) is 3.20. The normalized spacial score (nSPS) is 18.1. The zero-order valence-electron chi connectivity index (χ0n) is 11.4. The van der Waals surface area contributed by atoms with Crippen LogP contribution in [-0.2, 0) is 11.2 Å². The minimum atomic E-state index is -0.476. The van der Waals surface area contributed by atoms with Crippen LogP contribution in [0.25, 0.3) is 0 Å². The first kappa shape index (κ1) is 14.8. The van der Waals surface area contributed by atoms with Gasteiger partial charge in [-0.15, -0.1) is 0 Å². The number of aliphatic hydroxyl groups is 1. The summed E-state index contributed by atoms with van der Waals surface area (Å²) < 4.78 is 12.0. The van der Waals surface area contributed by atoms with E-state index in [1.807, 2.05) is 25.1 Å². The van der Waals surface area contributed by atoms with Crippen LogP contribution in [0.2, 0.25) is 0 Å². The molecule has 1 aliphatic carbocycles. The second kappa shape index (κ2) is 6.73. The number of aliphatic hydroxyl groups excluding tert-OH is 1. The molecule has 0 aromatic heterocycles. The van der Waals surface area contributed by atoms with E-state index in [1.54, 1.807) is 7.11 Å². The van der Waals surface area contributed by atoms with Crippen molar-refractivity contribution in [1.29, 1.82) is 0 Å². The molecule has 1 aliphatic rings. The van der Waals surface area contributed by atoms with Gasteiger partial charge in [-0.05, 0) is 49.4 Å². The van der Waals surface area contributed by atoms with E-state index in [0.717, 1.165) is 28.6 Å². The lowest BCUT2D eigenvalue weighted by molar-refractivity contribution is -0.0441. The molecule has 0 saturated heterocycles. The first-order valence-corrected chi connectivity index (χ1v) is 7.57. The van der Waals surface area contributed by atoms with Crippen LogP contribution in [0.1, 0.15) is 25.3 Å². The van der Waals surface area contributed by atoms with Crippen molar-refractivity contribution in [3.05, 3.63) is 28.2 Å². The molecule has 0 heterocycles. The molecule has 0 amide bonds. The maximum absolute atomic E-state index is 10.4. The lowest BCUT2D eigenvalue weighted by Crippen LogP contribution is -2.33. The minimum Gasteiger partial charge on any atom is -0.496 e. The number of halogens is 1. The fourth-order valence-electron chi connectivity index (χ4n) is 2.43. The summed E-state index contributed by atoms with van der Waals surface area (Å²) in [7, 11) is 1.65. The van der Waals surface area contributed by atoms with Crippen LogP contribution < -0.4 is 4.74 Å². The summed E-state index contributed by atoms with van der Waals surface area (Å²) in [6.07, 6.45) is 2.36. The largest absolute Gasteiger partial charge is 0.496 e. The number of ether oxygens (including phenoxy) is 2. The monoisotopic (exact) mass is 328 g/mol. The molecule has 19 heavy (non-hydrogen) atoms. The van der Waals surface area contributed by atoms with Gasteiger partial charge in [0.1, 0.15) is 5.75 Å². The molecule has 106 valence electrons. The summed E-state index contributed by atoms with van der Waals surface area (Å²) in [5, 5.41) is 10.4. The summed E-state index contributed by atoms with van der Waals surface area (Å²) in [4.78, 5) is 0. The summed E-state index contributed by atoms with van der Waals surface area (Å²) in [6.45, 7) is 2.62. The van der Waals surface area contributed by atoms with Gasteiger partial charge in [0, 0.05) is 17.5 Å². The van der Waals surface area contributed by atoms with E-state index in [4.69, 9.17) is 9.47 Å². The van der Waals surface area contributed by atoms with Gasteiger partial charge in [0.25, 0.3) is 0 Å². The standard InChI is InChI=1S/C15H21BrO3/c1-3-19-15(10-4-5-10)13(17)9-11-8-12(16)6-7-14(11)18-2/h6-8,10,13,15,17H,3-5,9H2,1-2H3. The van der Waals surface area contributed by atoms with E-state index in [2.05, 4.69) is 15.9 Å². The molecule has 1 aromatic carbocycles. The SMILES string of the molecule is CCOC(C(O)Cc1cc(Br)ccc1OC)C1CC1. The summed E-state index contributed by atoms with van der Waals surface area (Å²) in [5.41, 5.74) is 1.01. The van der Waals surface area contributed by atoms with Gasteiger partial charge in [-0.2, -0.15) is 0 Å². The molecule has 0 bridgehead atoms. The molecule has 2 atom stereocenters. The molecule has 1 N–H and O–H groups in total. The van der Waals surface area contributed by atoms with Gasteiger partial charge in [-0.1, -0.05) is 15.9 Å². The minimum absolute atomic E-state index is 0.0475. The Morgan fingerprint density at radius 3 is 2.74 bits per heavy atom. The van der Waals surface area contributed by atoms with Crippen LogP contribution in [0.15, 0.2) is 22.7 Å². The first-order chi connectivity index (χ1) is 9.15. The van der Waals surface area contributed by atoms with Crippen LogP contribution in [0.4, 0.5) is 0 Å². The van der Waals surface area contributed by atoms with Gasteiger partial charge in [-0.25, -0.2) is 0 Å². The van der Waals surface area contributed by atoms with Crippen molar-refractivity contribution in [3.8, 4) is 5.75 Å². The van der Waals surface area contributed by atoms with Crippen LogP contribution in [0.5, 0.6) is 5.75 Å². The van der Waals surface area contributed by atoms with Crippen LogP contribution in [0, 0.1) is 5.92 Å². The van der Waals surface area contributed by atoms with E-state index in [9.17, 15) is 5.11 Å². The highest BCUT2D eigenvalue weighted by molar-refractivity contribution is 9.10. The smallest absolute Gasteiger partial charge is 0.122 e. The summed E-state index contributed by atoms with van der Waals surface area (Å²) in [5.74, 6) is 1.33. The Morgan fingerprint density at radius 1 is 1.42 bits per heavy atom. The zero-order chi connectivity index (χ0) is 13.8. The number of benzene rings is 1.